The molecule has 0 unspecified atom stereocenters. The quantitative estimate of drug-likeness (QED) is 0.383. The third-order valence-corrected chi connectivity index (χ3v) is 2.41. The third kappa shape index (κ3) is 3.19. The Morgan fingerprint density at radius 3 is 2.74 bits per heavy atom. The first-order valence-electron chi connectivity index (χ1n) is 5.53. The predicted octanol–water partition coefficient (Wildman–Crippen LogP) is 0.834. The molecule has 0 bridgehead atoms. The Balaban J connectivity index is 2.19. The number of hydrogen-bond acceptors (Lipinski definition) is 5. The number of nitrogens with one attached hydrogen (secondary N) is 1. The topological polar surface area (TPSA) is 85.6 Å². The zero-order valence-electron chi connectivity index (χ0n) is 10.1. The van der Waals surface area contributed by atoms with Gasteiger partial charge in [-0.05, 0) is 18.2 Å². The number of carbonyl (C=O) groups excluding carboxylic acids is 2. The molecule has 1 aromatic carbocycles. The summed E-state index contributed by atoms with van der Waals surface area (Å²) < 4.78 is 9.93. The van der Waals surface area contributed by atoms with Gasteiger partial charge in [0.15, 0.2) is 0 Å². The SMILES string of the molecule is CNC(=O)CC(=O)Oc1ccc2ccc(=O)oc2c1. The van der Waals surface area contributed by atoms with Crippen LogP contribution in [0.5, 0.6) is 5.75 Å². The van der Waals surface area contributed by atoms with E-state index in [-0.39, 0.29) is 12.2 Å². The summed E-state index contributed by atoms with van der Waals surface area (Å²) in [5.74, 6) is -0.898. The lowest BCUT2D eigenvalue weighted by molar-refractivity contribution is -0.138. The minimum Gasteiger partial charge on any atom is -0.426 e. The number of ether oxygens (including phenoxy) is 1. The Labute approximate surface area is 108 Å². The van der Waals surface area contributed by atoms with Gasteiger partial charge in [0, 0.05) is 24.6 Å². The lowest BCUT2D eigenvalue weighted by Gasteiger charge is -2.04. The van der Waals surface area contributed by atoms with Crippen molar-refractivity contribution in [3.63, 3.8) is 0 Å². The van der Waals surface area contributed by atoms with Crippen LogP contribution in [0.4, 0.5) is 0 Å². The molecule has 2 rings (SSSR count). The number of hydrogen-bond donors (Lipinski definition) is 1. The average molecular weight is 261 g/mol. The van der Waals surface area contributed by atoms with Gasteiger partial charge in [0.1, 0.15) is 17.8 Å². The van der Waals surface area contributed by atoms with Gasteiger partial charge in [0.25, 0.3) is 0 Å². The maximum absolute atomic E-state index is 11.4. The molecule has 6 heteroatoms. The van der Waals surface area contributed by atoms with Gasteiger partial charge in [-0.25, -0.2) is 4.79 Å². The summed E-state index contributed by atoms with van der Waals surface area (Å²) >= 11 is 0. The summed E-state index contributed by atoms with van der Waals surface area (Å²) in [7, 11) is 1.43. The van der Waals surface area contributed by atoms with Crippen molar-refractivity contribution in [1.29, 1.82) is 0 Å². The molecule has 0 aliphatic rings. The van der Waals surface area contributed by atoms with Crippen molar-refractivity contribution in [1.82, 2.24) is 5.32 Å². The number of esters is 1. The van der Waals surface area contributed by atoms with Gasteiger partial charge in [-0.3, -0.25) is 9.59 Å². The van der Waals surface area contributed by atoms with Gasteiger partial charge in [-0.15, -0.1) is 0 Å². The molecule has 0 aliphatic heterocycles. The molecule has 0 atom stereocenters. The predicted molar refractivity (Wildman–Crippen MR) is 66.8 cm³/mol. The van der Waals surface area contributed by atoms with E-state index in [2.05, 4.69) is 5.32 Å². The van der Waals surface area contributed by atoms with Crippen molar-refractivity contribution in [3.8, 4) is 5.75 Å². The molecule has 0 saturated heterocycles. The van der Waals surface area contributed by atoms with Crippen molar-refractivity contribution in [2.75, 3.05) is 7.05 Å². The number of fused-ring (bicyclic) bond motifs is 1. The molecule has 0 spiro atoms. The summed E-state index contributed by atoms with van der Waals surface area (Å²) in [4.78, 5) is 33.5. The van der Waals surface area contributed by atoms with Gasteiger partial charge in [0.2, 0.25) is 5.91 Å². The Kier molecular flexibility index (Phi) is 3.61. The lowest BCUT2D eigenvalue weighted by Crippen LogP contribution is -2.23. The second-order valence-corrected chi connectivity index (χ2v) is 3.78. The van der Waals surface area contributed by atoms with Crippen LogP contribution in [0.2, 0.25) is 0 Å². The average Bonchev–Trinajstić information content (AvgIpc) is 2.37. The first-order chi connectivity index (χ1) is 9.08. The molecular weight excluding hydrogens is 250 g/mol. The highest BCUT2D eigenvalue weighted by Crippen LogP contribution is 2.19. The van der Waals surface area contributed by atoms with Crippen LogP contribution in [0.1, 0.15) is 6.42 Å². The molecule has 1 heterocycles. The number of benzene rings is 1. The Bertz CT molecular complexity index is 689. The molecule has 0 radical (unpaired) electrons. The fourth-order valence-electron chi connectivity index (χ4n) is 1.49. The van der Waals surface area contributed by atoms with E-state index < -0.39 is 17.5 Å². The third-order valence-electron chi connectivity index (χ3n) is 2.41. The molecule has 19 heavy (non-hydrogen) atoms. The van der Waals surface area contributed by atoms with Gasteiger partial charge in [-0.2, -0.15) is 0 Å². The van der Waals surface area contributed by atoms with Crippen LogP contribution in [-0.2, 0) is 9.59 Å². The molecular formula is C13H11NO5. The van der Waals surface area contributed by atoms with Crippen molar-refractivity contribution in [2.45, 2.75) is 6.42 Å². The molecule has 6 nitrogen and oxygen atoms in total. The van der Waals surface area contributed by atoms with E-state index in [0.717, 1.165) is 0 Å². The van der Waals surface area contributed by atoms with Crippen LogP contribution in [0.25, 0.3) is 11.0 Å². The molecule has 0 saturated carbocycles. The van der Waals surface area contributed by atoms with E-state index in [0.29, 0.717) is 11.0 Å². The van der Waals surface area contributed by atoms with Crippen molar-refractivity contribution in [3.05, 3.63) is 40.8 Å². The second kappa shape index (κ2) is 5.34. The van der Waals surface area contributed by atoms with Crippen LogP contribution in [-0.4, -0.2) is 18.9 Å². The van der Waals surface area contributed by atoms with Crippen LogP contribution < -0.4 is 15.7 Å². The summed E-state index contributed by atoms with van der Waals surface area (Å²) in [5, 5.41) is 3.03. The first kappa shape index (κ1) is 12.8. The van der Waals surface area contributed by atoms with Crippen LogP contribution in [0.15, 0.2) is 39.5 Å². The molecule has 2 aromatic rings. The molecule has 1 N–H and O–H groups in total. The first-order valence-corrected chi connectivity index (χ1v) is 5.53. The van der Waals surface area contributed by atoms with E-state index in [1.54, 1.807) is 18.2 Å². The minimum absolute atomic E-state index is 0.218. The highest BCUT2D eigenvalue weighted by Gasteiger charge is 2.10. The number of carbonyl (C=O) groups is 2. The summed E-state index contributed by atoms with van der Waals surface area (Å²) in [5.41, 5.74) is -0.168. The van der Waals surface area contributed by atoms with Crippen molar-refractivity contribution < 1.29 is 18.7 Å². The Morgan fingerprint density at radius 2 is 2.00 bits per heavy atom. The van der Waals surface area contributed by atoms with Crippen LogP contribution >= 0.6 is 0 Å². The molecule has 1 amide bonds. The lowest BCUT2D eigenvalue weighted by atomic mass is 10.2. The van der Waals surface area contributed by atoms with E-state index in [1.807, 2.05) is 0 Å². The normalized spacial score (nSPS) is 10.2. The van der Waals surface area contributed by atoms with E-state index in [1.165, 1.54) is 19.2 Å². The zero-order valence-corrected chi connectivity index (χ0v) is 10.1. The fraction of sp³-hybridized carbons (Fsp3) is 0.154. The maximum Gasteiger partial charge on any atom is 0.336 e. The number of rotatable bonds is 3. The molecule has 0 fully saturated rings. The van der Waals surface area contributed by atoms with Gasteiger partial charge < -0.3 is 14.5 Å². The monoisotopic (exact) mass is 261 g/mol. The van der Waals surface area contributed by atoms with Crippen molar-refractivity contribution >= 4 is 22.8 Å². The molecule has 1 aromatic heterocycles. The van der Waals surface area contributed by atoms with E-state index in [9.17, 15) is 14.4 Å². The molecule has 98 valence electrons. The van der Waals surface area contributed by atoms with Gasteiger partial charge in [0.05, 0.1) is 0 Å². The highest BCUT2D eigenvalue weighted by atomic mass is 16.5. The second-order valence-electron chi connectivity index (χ2n) is 3.78. The summed E-state index contributed by atoms with van der Waals surface area (Å²) in [6, 6.07) is 7.56. The standard InChI is InChI=1S/C13H11NO5/c1-14-11(15)7-13(17)18-9-4-2-8-3-5-12(16)19-10(8)6-9/h2-6H,7H2,1H3,(H,14,15). The Morgan fingerprint density at radius 1 is 1.26 bits per heavy atom. The zero-order chi connectivity index (χ0) is 13.8. The largest absolute Gasteiger partial charge is 0.426 e. The molecule has 0 aliphatic carbocycles. The Hall–Kier alpha value is -2.63. The van der Waals surface area contributed by atoms with E-state index >= 15 is 0 Å². The van der Waals surface area contributed by atoms with Crippen molar-refractivity contribution in [2.24, 2.45) is 0 Å². The van der Waals surface area contributed by atoms with Gasteiger partial charge >= 0.3 is 11.6 Å². The van der Waals surface area contributed by atoms with Gasteiger partial charge in [-0.1, -0.05) is 0 Å². The minimum atomic E-state index is -0.683. The number of amides is 1. The van der Waals surface area contributed by atoms with Crippen LogP contribution in [0.3, 0.4) is 0 Å². The maximum atomic E-state index is 11.4. The van der Waals surface area contributed by atoms with E-state index in [4.69, 9.17) is 9.15 Å². The van der Waals surface area contributed by atoms with Crippen LogP contribution in [0, 0.1) is 0 Å². The summed E-state index contributed by atoms with van der Waals surface area (Å²) in [6.07, 6.45) is -0.368. The fourth-order valence-corrected chi connectivity index (χ4v) is 1.49. The summed E-state index contributed by atoms with van der Waals surface area (Å²) in [6.45, 7) is 0. The highest BCUT2D eigenvalue weighted by molar-refractivity contribution is 5.95. The smallest absolute Gasteiger partial charge is 0.336 e.